The number of piperidine rings is 1. The highest BCUT2D eigenvalue weighted by molar-refractivity contribution is 5.79. The van der Waals surface area contributed by atoms with Crippen molar-refractivity contribution in [2.24, 2.45) is 5.92 Å². The fourth-order valence-corrected chi connectivity index (χ4v) is 3.06. The van der Waals surface area contributed by atoms with E-state index in [1.54, 1.807) is 0 Å². The Morgan fingerprint density at radius 2 is 1.95 bits per heavy atom. The number of hydrogen-bond donors (Lipinski definition) is 1. The SMILES string of the molecule is CCC[C@H](C)NC(=O)C1CCN(Cc2ccccc2)CC1. The molecule has 3 nitrogen and oxygen atoms in total. The number of likely N-dealkylation sites (tertiary alicyclic amines) is 1. The van der Waals surface area contributed by atoms with Gasteiger partial charge in [0.15, 0.2) is 0 Å². The van der Waals surface area contributed by atoms with E-state index in [1.807, 2.05) is 0 Å². The molecule has 1 aliphatic rings. The maximum Gasteiger partial charge on any atom is 0.223 e. The molecule has 21 heavy (non-hydrogen) atoms. The zero-order chi connectivity index (χ0) is 15.1. The molecule has 0 aliphatic carbocycles. The van der Waals surface area contributed by atoms with Crippen LogP contribution in [0.2, 0.25) is 0 Å². The molecule has 1 aromatic rings. The second kappa shape index (κ2) is 8.18. The summed E-state index contributed by atoms with van der Waals surface area (Å²) in [7, 11) is 0. The van der Waals surface area contributed by atoms with Crippen LogP contribution in [-0.4, -0.2) is 29.9 Å². The van der Waals surface area contributed by atoms with Gasteiger partial charge in [0.05, 0.1) is 0 Å². The minimum absolute atomic E-state index is 0.205. The summed E-state index contributed by atoms with van der Waals surface area (Å²) in [5.74, 6) is 0.464. The third-order valence-electron chi connectivity index (χ3n) is 4.32. The van der Waals surface area contributed by atoms with Crippen molar-refractivity contribution in [2.45, 2.75) is 52.1 Å². The van der Waals surface area contributed by atoms with Gasteiger partial charge >= 0.3 is 0 Å². The Hall–Kier alpha value is -1.35. The number of amides is 1. The number of carbonyl (C=O) groups is 1. The minimum Gasteiger partial charge on any atom is -0.353 e. The molecule has 0 aromatic heterocycles. The molecule has 1 amide bonds. The summed E-state index contributed by atoms with van der Waals surface area (Å²) in [6, 6.07) is 10.9. The number of benzene rings is 1. The molecule has 0 spiro atoms. The Labute approximate surface area is 128 Å². The van der Waals surface area contributed by atoms with Crippen LogP contribution in [-0.2, 0) is 11.3 Å². The average molecular weight is 288 g/mol. The lowest BCUT2D eigenvalue weighted by molar-refractivity contribution is -0.127. The zero-order valence-electron chi connectivity index (χ0n) is 13.3. The van der Waals surface area contributed by atoms with Crippen LogP contribution in [0.15, 0.2) is 30.3 Å². The highest BCUT2D eigenvalue weighted by atomic mass is 16.1. The van der Waals surface area contributed by atoms with Crippen molar-refractivity contribution in [3.8, 4) is 0 Å². The van der Waals surface area contributed by atoms with Crippen molar-refractivity contribution in [1.82, 2.24) is 10.2 Å². The van der Waals surface area contributed by atoms with Gasteiger partial charge in [-0.25, -0.2) is 0 Å². The number of nitrogens with zero attached hydrogens (tertiary/aromatic N) is 1. The van der Waals surface area contributed by atoms with Crippen LogP contribution in [0.3, 0.4) is 0 Å². The Bertz CT molecular complexity index is 424. The highest BCUT2D eigenvalue weighted by Gasteiger charge is 2.25. The first-order valence-corrected chi connectivity index (χ1v) is 8.25. The third-order valence-corrected chi connectivity index (χ3v) is 4.32. The molecule has 1 saturated heterocycles. The van der Waals surface area contributed by atoms with Gasteiger partial charge in [-0.2, -0.15) is 0 Å². The molecule has 1 aliphatic heterocycles. The van der Waals surface area contributed by atoms with Crippen LogP contribution in [0.5, 0.6) is 0 Å². The van der Waals surface area contributed by atoms with E-state index in [0.29, 0.717) is 6.04 Å². The molecule has 0 saturated carbocycles. The molecule has 1 atom stereocenters. The van der Waals surface area contributed by atoms with Gasteiger partial charge < -0.3 is 5.32 Å². The Morgan fingerprint density at radius 1 is 1.29 bits per heavy atom. The molecule has 116 valence electrons. The lowest BCUT2D eigenvalue weighted by Crippen LogP contribution is -2.42. The average Bonchev–Trinajstić information content (AvgIpc) is 2.49. The fraction of sp³-hybridized carbons (Fsp3) is 0.611. The van der Waals surface area contributed by atoms with Gasteiger partial charge in [0.2, 0.25) is 5.91 Å². The first kappa shape index (κ1) is 16.0. The molecule has 1 aromatic carbocycles. The standard InChI is InChI=1S/C18H28N2O/c1-3-7-15(2)19-18(21)17-10-12-20(13-11-17)14-16-8-5-4-6-9-16/h4-6,8-9,15,17H,3,7,10-14H2,1-2H3,(H,19,21)/t15-/m0/s1. The third kappa shape index (κ3) is 5.16. The number of carbonyl (C=O) groups excluding carboxylic acids is 1. The van der Waals surface area contributed by atoms with Crippen molar-refractivity contribution in [3.05, 3.63) is 35.9 Å². The van der Waals surface area contributed by atoms with Gasteiger partial charge in [0.1, 0.15) is 0 Å². The first-order chi connectivity index (χ1) is 10.2. The Kier molecular flexibility index (Phi) is 6.24. The van der Waals surface area contributed by atoms with E-state index in [9.17, 15) is 4.79 Å². The largest absolute Gasteiger partial charge is 0.353 e. The van der Waals surface area contributed by atoms with Crippen molar-refractivity contribution < 1.29 is 4.79 Å². The summed E-state index contributed by atoms with van der Waals surface area (Å²) in [4.78, 5) is 14.7. The number of hydrogen-bond acceptors (Lipinski definition) is 2. The summed E-state index contributed by atoms with van der Waals surface area (Å²) in [5.41, 5.74) is 1.36. The van der Waals surface area contributed by atoms with E-state index in [0.717, 1.165) is 45.3 Å². The van der Waals surface area contributed by atoms with Crippen LogP contribution >= 0.6 is 0 Å². The van der Waals surface area contributed by atoms with Crippen LogP contribution < -0.4 is 5.32 Å². The van der Waals surface area contributed by atoms with Gasteiger partial charge in [-0.05, 0) is 44.8 Å². The number of nitrogens with one attached hydrogen (secondary N) is 1. The minimum atomic E-state index is 0.205. The zero-order valence-corrected chi connectivity index (χ0v) is 13.3. The van der Waals surface area contributed by atoms with Crippen LogP contribution in [0.25, 0.3) is 0 Å². The molecule has 0 unspecified atom stereocenters. The van der Waals surface area contributed by atoms with Crippen LogP contribution in [0.1, 0.15) is 45.1 Å². The Morgan fingerprint density at radius 3 is 2.57 bits per heavy atom. The van der Waals surface area contributed by atoms with Gasteiger partial charge in [-0.1, -0.05) is 43.7 Å². The van der Waals surface area contributed by atoms with Crippen molar-refractivity contribution in [1.29, 1.82) is 0 Å². The maximum atomic E-state index is 12.2. The Balaban J connectivity index is 1.74. The molecule has 1 fully saturated rings. The molecule has 1 N–H and O–H groups in total. The van der Waals surface area contributed by atoms with Crippen molar-refractivity contribution in [3.63, 3.8) is 0 Å². The van der Waals surface area contributed by atoms with Crippen molar-refractivity contribution in [2.75, 3.05) is 13.1 Å². The normalized spacial score (nSPS) is 18.4. The van der Waals surface area contributed by atoms with Gasteiger partial charge in [-0.15, -0.1) is 0 Å². The first-order valence-electron chi connectivity index (χ1n) is 8.25. The smallest absolute Gasteiger partial charge is 0.223 e. The molecule has 1 heterocycles. The maximum absolute atomic E-state index is 12.2. The topological polar surface area (TPSA) is 32.3 Å². The van der Waals surface area contributed by atoms with Gasteiger partial charge in [0.25, 0.3) is 0 Å². The predicted octanol–water partition coefficient (Wildman–Crippen LogP) is 3.20. The van der Waals surface area contributed by atoms with Crippen LogP contribution in [0.4, 0.5) is 0 Å². The highest BCUT2D eigenvalue weighted by Crippen LogP contribution is 2.19. The van der Waals surface area contributed by atoms with E-state index in [1.165, 1.54) is 5.56 Å². The lowest BCUT2D eigenvalue weighted by Gasteiger charge is -2.31. The summed E-state index contributed by atoms with van der Waals surface area (Å²) in [6.07, 6.45) is 4.16. The second-order valence-corrected chi connectivity index (χ2v) is 6.23. The molecular weight excluding hydrogens is 260 g/mol. The summed E-state index contributed by atoms with van der Waals surface area (Å²) in [6.45, 7) is 7.31. The molecule has 3 heteroatoms. The van der Waals surface area contributed by atoms with E-state index in [-0.39, 0.29) is 11.8 Å². The molecule has 0 bridgehead atoms. The quantitative estimate of drug-likeness (QED) is 0.872. The van der Waals surface area contributed by atoms with Gasteiger partial charge in [0, 0.05) is 18.5 Å². The monoisotopic (exact) mass is 288 g/mol. The molecule has 0 radical (unpaired) electrons. The van der Waals surface area contributed by atoms with E-state index >= 15 is 0 Å². The van der Waals surface area contributed by atoms with E-state index < -0.39 is 0 Å². The summed E-state index contributed by atoms with van der Waals surface area (Å²) in [5, 5.41) is 3.16. The van der Waals surface area contributed by atoms with Crippen molar-refractivity contribution >= 4 is 5.91 Å². The summed E-state index contributed by atoms with van der Waals surface area (Å²) >= 11 is 0. The predicted molar refractivity (Wildman–Crippen MR) is 87.0 cm³/mol. The van der Waals surface area contributed by atoms with Gasteiger partial charge in [-0.3, -0.25) is 9.69 Å². The van der Waals surface area contributed by atoms with E-state index in [4.69, 9.17) is 0 Å². The summed E-state index contributed by atoms with van der Waals surface area (Å²) < 4.78 is 0. The second-order valence-electron chi connectivity index (χ2n) is 6.23. The number of rotatable bonds is 6. The fourth-order valence-electron chi connectivity index (χ4n) is 3.06. The molecular formula is C18H28N2O. The van der Waals surface area contributed by atoms with E-state index in [2.05, 4.69) is 54.4 Å². The van der Waals surface area contributed by atoms with Crippen LogP contribution in [0, 0.1) is 5.92 Å². The molecule has 2 rings (SSSR count). The lowest BCUT2D eigenvalue weighted by atomic mass is 9.95.